The Morgan fingerprint density at radius 3 is 2.24 bits per heavy atom. The molecule has 2 aliphatic heterocycles. The van der Waals surface area contributed by atoms with Gasteiger partial charge in [0.05, 0.1) is 12.6 Å². The van der Waals surface area contributed by atoms with E-state index in [-0.39, 0.29) is 47.9 Å². The second-order valence-corrected chi connectivity index (χ2v) is 10.5. The maximum atomic E-state index is 13.6. The molecule has 0 radical (unpaired) electrons. The van der Waals surface area contributed by atoms with Crippen LogP contribution in [0, 0.1) is 11.8 Å². The minimum atomic E-state index is -0.729. The molecule has 1 aromatic carbocycles. The summed E-state index contributed by atoms with van der Waals surface area (Å²) in [5, 5.41) is 2.91. The van der Waals surface area contributed by atoms with Crippen molar-refractivity contribution in [1.29, 1.82) is 0 Å². The molecule has 1 N–H and O–H groups in total. The normalized spacial score (nSPS) is 20.6. The van der Waals surface area contributed by atoms with Gasteiger partial charge in [-0.1, -0.05) is 27.7 Å². The van der Waals surface area contributed by atoms with E-state index in [2.05, 4.69) is 5.32 Å². The van der Waals surface area contributed by atoms with E-state index in [1.807, 2.05) is 58.8 Å². The number of rotatable bonds is 8. The molecule has 0 bridgehead atoms. The summed E-state index contributed by atoms with van der Waals surface area (Å²) in [5.41, 5.74) is 1.46. The molecular weight excluding hydrogens is 432 g/mol. The van der Waals surface area contributed by atoms with Crippen LogP contribution in [0.4, 0.5) is 5.69 Å². The van der Waals surface area contributed by atoms with Crippen LogP contribution >= 0.6 is 0 Å². The van der Waals surface area contributed by atoms with Crippen LogP contribution in [-0.2, 0) is 14.4 Å². The van der Waals surface area contributed by atoms with Crippen molar-refractivity contribution < 1.29 is 19.2 Å². The van der Waals surface area contributed by atoms with Gasteiger partial charge in [-0.15, -0.1) is 0 Å². The molecule has 2 heterocycles. The Hall–Kier alpha value is -2.90. The third-order valence-electron chi connectivity index (χ3n) is 6.57. The number of ketones is 1. The van der Waals surface area contributed by atoms with E-state index >= 15 is 0 Å². The Morgan fingerprint density at radius 1 is 1.03 bits per heavy atom. The number of carbonyl (C=O) groups excluding carboxylic acids is 4. The van der Waals surface area contributed by atoms with Crippen LogP contribution in [0.25, 0.3) is 0 Å². The molecule has 3 rings (SSSR count). The Labute approximate surface area is 202 Å². The van der Waals surface area contributed by atoms with E-state index < -0.39 is 12.1 Å². The largest absolute Gasteiger partial charge is 0.378 e. The number of nitrogens with one attached hydrogen (secondary N) is 1. The molecule has 0 unspecified atom stereocenters. The smallest absolute Gasteiger partial charge is 0.251 e. The Bertz CT molecular complexity index is 925. The topological polar surface area (TPSA) is 90.0 Å². The summed E-state index contributed by atoms with van der Waals surface area (Å²) < 4.78 is 0. The minimum absolute atomic E-state index is 0.0293. The number of Topliss-reactive ketones (excluding diaryl/α,β-unsaturated/α-hetero) is 1. The summed E-state index contributed by atoms with van der Waals surface area (Å²) in [7, 11) is 3.86. The van der Waals surface area contributed by atoms with E-state index in [0.29, 0.717) is 31.4 Å². The van der Waals surface area contributed by atoms with Crippen LogP contribution < -0.4 is 10.2 Å². The van der Waals surface area contributed by atoms with Crippen LogP contribution in [0.15, 0.2) is 24.3 Å². The third-order valence-corrected chi connectivity index (χ3v) is 6.57. The average Bonchev–Trinajstić information content (AvgIpc) is 3.33. The predicted molar refractivity (Wildman–Crippen MR) is 132 cm³/mol. The lowest BCUT2D eigenvalue weighted by Gasteiger charge is -2.29. The molecule has 0 spiro atoms. The van der Waals surface area contributed by atoms with E-state index in [1.165, 1.54) is 0 Å². The Kier molecular flexibility index (Phi) is 8.00. The lowest BCUT2D eigenvalue weighted by molar-refractivity contribution is -0.138. The molecule has 8 heteroatoms. The van der Waals surface area contributed by atoms with Crippen molar-refractivity contribution >= 4 is 29.2 Å². The highest BCUT2D eigenvalue weighted by Crippen LogP contribution is 2.31. The van der Waals surface area contributed by atoms with Gasteiger partial charge >= 0.3 is 0 Å². The van der Waals surface area contributed by atoms with Crippen LogP contribution in [0.5, 0.6) is 0 Å². The standard InChI is InChI=1S/C26H38N4O4/c1-16(2)13-20(27-25(33)18-7-9-19(10-8-18)28(5)6)26(34)29-12-11-21-24(29)22(31)15-30(21)23(32)14-17(3)4/h7-10,16-17,20-21,24H,11-15H2,1-6H3,(H,27,33)/t20-,21+,24-/m0/s1. The van der Waals surface area contributed by atoms with E-state index in [0.717, 1.165) is 5.69 Å². The van der Waals surface area contributed by atoms with Crippen molar-refractivity contribution in [3.05, 3.63) is 29.8 Å². The van der Waals surface area contributed by atoms with Gasteiger partial charge in [-0.05, 0) is 48.9 Å². The van der Waals surface area contributed by atoms with Gasteiger partial charge < -0.3 is 20.0 Å². The van der Waals surface area contributed by atoms with Gasteiger partial charge in [0.1, 0.15) is 12.1 Å². The molecule has 2 aliphatic rings. The zero-order valence-corrected chi connectivity index (χ0v) is 21.2. The summed E-state index contributed by atoms with van der Waals surface area (Å²) >= 11 is 0. The van der Waals surface area contributed by atoms with Crippen molar-refractivity contribution in [2.24, 2.45) is 11.8 Å². The fraction of sp³-hybridized carbons (Fsp3) is 0.615. The number of amides is 3. The second-order valence-electron chi connectivity index (χ2n) is 10.5. The molecule has 0 aromatic heterocycles. The number of fused-ring (bicyclic) bond motifs is 1. The molecule has 3 amide bonds. The first-order valence-electron chi connectivity index (χ1n) is 12.2. The van der Waals surface area contributed by atoms with Gasteiger partial charge in [-0.2, -0.15) is 0 Å². The second kappa shape index (κ2) is 10.6. The first kappa shape index (κ1) is 25.7. The fourth-order valence-electron chi connectivity index (χ4n) is 4.90. The average molecular weight is 471 g/mol. The SMILES string of the molecule is CC(C)CC(=O)N1CC(=O)[C@@H]2[C@H]1CCN2C(=O)[C@H](CC(C)C)NC(=O)c1ccc(N(C)C)cc1. The molecule has 1 aromatic rings. The van der Waals surface area contributed by atoms with E-state index in [4.69, 9.17) is 0 Å². The highest BCUT2D eigenvalue weighted by Gasteiger charge is 2.52. The Morgan fingerprint density at radius 2 is 1.68 bits per heavy atom. The highest BCUT2D eigenvalue weighted by atomic mass is 16.2. The highest BCUT2D eigenvalue weighted by molar-refractivity contribution is 6.01. The minimum Gasteiger partial charge on any atom is -0.378 e. The molecule has 186 valence electrons. The molecule has 8 nitrogen and oxygen atoms in total. The quantitative estimate of drug-likeness (QED) is 0.630. The van der Waals surface area contributed by atoms with Gasteiger partial charge in [0, 0.05) is 38.3 Å². The molecule has 2 saturated heterocycles. The Balaban J connectivity index is 1.74. The summed E-state index contributed by atoms with van der Waals surface area (Å²) in [6.07, 6.45) is 1.45. The van der Waals surface area contributed by atoms with Crippen LogP contribution in [0.1, 0.15) is 57.3 Å². The number of benzene rings is 1. The first-order valence-corrected chi connectivity index (χ1v) is 12.2. The molecule has 0 aliphatic carbocycles. The molecule has 2 fully saturated rings. The lowest BCUT2D eigenvalue weighted by atomic mass is 10.0. The fourth-order valence-corrected chi connectivity index (χ4v) is 4.90. The maximum absolute atomic E-state index is 13.6. The van der Waals surface area contributed by atoms with Crippen LogP contribution in [-0.4, -0.2) is 78.6 Å². The van der Waals surface area contributed by atoms with Gasteiger partial charge in [-0.25, -0.2) is 0 Å². The molecular formula is C26H38N4O4. The molecule has 3 atom stereocenters. The predicted octanol–water partition coefficient (Wildman–Crippen LogP) is 2.32. The van der Waals surface area contributed by atoms with Crippen LogP contribution in [0.3, 0.4) is 0 Å². The summed E-state index contributed by atoms with van der Waals surface area (Å²) in [6.45, 7) is 8.42. The zero-order chi connectivity index (χ0) is 25.2. The van der Waals surface area contributed by atoms with Gasteiger partial charge in [0.25, 0.3) is 5.91 Å². The summed E-state index contributed by atoms with van der Waals surface area (Å²) in [6, 6.07) is 5.59. The maximum Gasteiger partial charge on any atom is 0.251 e. The third kappa shape index (κ3) is 5.59. The zero-order valence-electron chi connectivity index (χ0n) is 21.2. The van der Waals surface area contributed by atoms with Gasteiger partial charge in [0.15, 0.2) is 5.78 Å². The lowest BCUT2D eigenvalue weighted by Crippen LogP contribution is -2.53. The number of carbonyl (C=O) groups is 4. The number of nitrogens with zero attached hydrogens (tertiary/aromatic N) is 3. The van der Waals surface area contributed by atoms with Crippen LogP contribution in [0.2, 0.25) is 0 Å². The number of likely N-dealkylation sites (tertiary alicyclic amines) is 2. The van der Waals surface area contributed by atoms with Crippen molar-refractivity contribution in [2.75, 3.05) is 32.1 Å². The molecule has 34 heavy (non-hydrogen) atoms. The van der Waals surface area contributed by atoms with Gasteiger partial charge in [-0.3, -0.25) is 19.2 Å². The van der Waals surface area contributed by atoms with Gasteiger partial charge in [0.2, 0.25) is 11.8 Å². The summed E-state index contributed by atoms with van der Waals surface area (Å²) in [4.78, 5) is 57.3. The number of anilines is 1. The van der Waals surface area contributed by atoms with Crippen molar-refractivity contribution in [3.63, 3.8) is 0 Å². The molecule has 0 saturated carbocycles. The monoisotopic (exact) mass is 470 g/mol. The van der Waals surface area contributed by atoms with E-state index in [9.17, 15) is 19.2 Å². The van der Waals surface area contributed by atoms with E-state index in [1.54, 1.807) is 21.9 Å². The number of hydrogen-bond donors (Lipinski definition) is 1. The first-order chi connectivity index (χ1) is 16.0. The summed E-state index contributed by atoms with van der Waals surface area (Å²) in [5.74, 6) is -0.303. The van der Waals surface area contributed by atoms with Crippen molar-refractivity contribution in [3.8, 4) is 0 Å². The van der Waals surface area contributed by atoms with Crippen molar-refractivity contribution in [2.45, 2.75) is 65.1 Å². The number of hydrogen-bond acceptors (Lipinski definition) is 5. The van der Waals surface area contributed by atoms with Crippen molar-refractivity contribution in [1.82, 2.24) is 15.1 Å².